The van der Waals surface area contributed by atoms with Crippen molar-refractivity contribution >= 4 is 5.78 Å². The van der Waals surface area contributed by atoms with Crippen molar-refractivity contribution in [1.82, 2.24) is 0 Å². The Morgan fingerprint density at radius 3 is 1.64 bits per heavy atom. The molecule has 2 aliphatic carbocycles. The molecule has 0 unspecified atom stereocenters. The molecule has 2 aromatic carbocycles. The van der Waals surface area contributed by atoms with Crippen LogP contribution in [0.5, 0.6) is 0 Å². The lowest BCUT2D eigenvalue weighted by Crippen LogP contribution is -2.28. The van der Waals surface area contributed by atoms with Crippen molar-refractivity contribution < 1.29 is 15.0 Å². The molecule has 116 valence electrons. The molecule has 4 rings (SSSR count). The molecule has 0 aromatic heterocycles. The third kappa shape index (κ3) is 2.58. The van der Waals surface area contributed by atoms with Gasteiger partial charge in [0.05, 0.1) is 0 Å². The quantitative estimate of drug-likeness (QED) is 0.785. The Hall–Kier alpha value is -1.97. The smallest absolute Gasteiger partial charge is 0.170 e. The molecule has 0 aliphatic heterocycles. The summed E-state index contributed by atoms with van der Waals surface area (Å²) in [6.45, 7) is 0. The van der Waals surface area contributed by atoms with Crippen molar-refractivity contribution in [3.63, 3.8) is 0 Å². The number of ketones is 1. The molecule has 0 atom stereocenters. The first-order valence-electron chi connectivity index (χ1n) is 7.37. The van der Waals surface area contributed by atoms with Crippen LogP contribution in [0.4, 0.5) is 0 Å². The number of rotatable bonds is 0. The minimum atomic E-state index is -0.173. The number of carbonyl (C=O) groups is 1. The SMILES string of the molecule is CO.CO.O=C1c2ccccc2CC12Cc1ccccc1C2. The van der Waals surface area contributed by atoms with Crippen LogP contribution in [-0.4, -0.2) is 30.2 Å². The standard InChI is InChI=1S/C17H14O.2CH4O/c18-16-15-8-4-3-7-14(15)11-17(16)9-12-5-1-2-6-13(12)10-17;2*1-2/h1-8H,9-11H2;2*2H,1H3. The third-order valence-corrected chi connectivity index (χ3v) is 4.45. The molecule has 1 spiro atoms. The fourth-order valence-electron chi connectivity index (χ4n) is 3.61. The number of aliphatic hydroxyl groups is 2. The minimum absolute atomic E-state index is 0.173. The number of carbonyl (C=O) groups excluding carboxylic acids is 1. The molecule has 2 N–H and O–H groups in total. The van der Waals surface area contributed by atoms with Crippen LogP contribution in [0.3, 0.4) is 0 Å². The summed E-state index contributed by atoms with van der Waals surface area (Å²) in [6.07, 6.45) is 2.74. The van der Waals surface area contributed by atoms with E-state index >= 15 is 0 Å². The second kappa shape index (κ2) is 6.86. The zero-order chi connectivity index (χ0) is 16.2. The van der Waals surface area contributed by atoms with Gasteiger partial charge in [-0.3, -0.25) is 4.79 Å². The monoisotopic (exact) mass is 298 g/mol. The lowest BCUT2D eigenvalue weighted by atomic mass is 9.81. The summed E-state index contributed by atoms with van der Waals surface area (Å²) >= 11 is 0. The summed E-state index contributed by atoms with van der Waals surface area (Å²) in [5.74, 6) is 0.356. The molecule has 0 bridgehead atoms. The Balaban J connectivity index is 0.000000410. The van der Waals surface area contributed by atoms with E-state index in [4.69, 9.17) is 10.2 Å². The fraction of sp³-hybridized carbons (Fsp3) is 0.316. The van der Waals surface area contributed by atoms with Crippen LogP contribution in [-0.2, 0) is 19.3 Å². The van der Waals surface area contributed by atoms with Gasteiger partial charge in [-0.05, 0) is 36.0 Å². The molecule has 2 aliphatic rings. The predicted octanol–water partition coefficient (Wildman–Crippen LogP) is 2.43. The fourth-order valence-corrected chi connectivity index (χ4v) is 3.61. The van der Waals surface area contributed by atoms with Crippen molar-refractivity contribution in [1.29, 1.82) is 0 Å². The van der Waals surface area contributed by atoms with Gasteiger partial charge in [0.15, 0.2) is 5.78 Å². The van der Waals surface area contributed by atoms with Crippen LogP contribution in [0.2, 0.25) is 0 Å². The van der Waals surface area contributed by atoms with Gasteiger partial charge in [-0.15, -0.1) is 0 Å². The van der Waals surface area contributed by atoms with E-state index in [1.54, 1.807) is 0 Å². The zero-order valence-corrected chi connectivity index (χ0v) is 13.0. The summed E-state index contributed by atoms with van der Waals surface area (Å²) in [6, 6.07) is 16.6. The van der Waals surface area contributed by atoms with Crippen LogP contribution >= 0.6 is 0 Å². The zero-order valence-electron chi connectivity index (χ0n) is 13.0. The molecular formula is C19H22O3. The molecule has 0 saturated heterocycles. The van der Waals surface area contributed by atoms with Gasteiger partial charge in [-0.1, -0.05) is 48.5 Å². The van der Waals surface area contributed by atoms with Crippen molar-refractivity contribution in [3.8, 4) is 0 Å². The normalized spacial score (nSPS) is 16.1. The molecule has 2 aromatic rings. The first-order chi connectivity index (χ1) is 10.8. The van der Waals surface area contributed by atoms with Crippen LogP contribution in [0.25, 0.3) is 0 Å². The van der Waals surface area contributed by atoms with E-state index in [1.165, 1.54) is 16.7 Å². The van der Waals surface area contributed by atoms with E-state index in [0.29, 0.717) is 5.78 Å². The van der Waals surface area contributed by atoms with E-state index in [1.807, 2.05) is 18.2 Å². The Bertz CT molecular complexity index is 631. The third-order valence-electron chi connectivity index (χ3n) is 4.45. The number of aliphatic hydroxyl groups excluding tert-OH is 2. The first-order valence-corrected chi connectivity index (χ1v) is 7.37. The van der Waals surface area contributed by atoms with E-state index in [2.05, 4.69) is 30.3 Å². The summed E-state index contributed by atoms with van der Waals surface area (Å²) in [5, 5.41) is 14.0. The number of Topliss-reactive ketones (excluding diaryl/α,β-unsaturated/α-hetero) is 1. The maximum absolute atomic E-state index is 12.7. The lowest BCUT2D eigenvalue weighted by Gasteiger charge is -2.20. The van der Waals surface area contributed by atoms with Crippen LogP contribution in [0.1, 0.15) is 27.0 Å². The molecule has 0 saturated carbocycles. The Morgan fingerprint density at radius 2 is 1.14 bits per heavy atom. The van der Waals surface area contributed by atoms with Crippen LogP contribution < -0.4 is 0 Å². The Kier molecular flexibility index (Phi) is 5.11. The van der Waals surface area contributed by atoms with E-state index in [0.717, 1.165) is 39.0 Å². The maximum Gasteiger partial charge on any atom is 0.170 e. The highest BCUT2D eigenvalue weighted by atomic mass is 16.2. The average Bonchev–Trinajstić information content (AvgIpc) is 3.09. The second-order valence-electron chi connectivity index (χ2n) is 5.57. The molecule has 3 nitrogen and oxygen atoms in total. The largest absolute Gasteiger partial charge is 0.400 e. The van der Waals surface area contributed by atoms with Crippen molar-refractivity contribution in [3.05, 3.63) is 70.8 Å². The summed E-state index contributed by atoms with van der Waals surface area (Å²) in [4.78, 5) is 12.7. The van der Waals surface area contributed by atoms with Crippen LogP contribution in [0.15, 0.2) is 48.5 Å². The van der Waals surface area contributed by atoms with Crippen molar-refractivity contribution in [2.75, 3.05) is 14.2 Å². The van der Waals surface area contributed by atoms with Gasteiger partial charge in [-0.2, -0.15) is 0 Å². The predicted molar refractivity (Wildman–Crippen MR) is 87.0 cm³/mol. The van der Waals surface area contributed by atoms with Gasteiger partial charge >= 0.3 is 0 Å². The minimum Gasteiger partial charge on any atom is -0.400 e. The molecular weight excluding hydrogens is 276 g/mol. The van der Waals surface area contributed by atoms with Gasteiger partial charge in [0.1, 0.15) is 0 Å². The molecule has 0 amide bonds. The van der Waals surface area contributed by atoms with Crippen molar-refractivity contribution in [2.45, 2.75) is 19.3 Å². The van der Waals surface area contributed by atoms with Gasteiger partial charge < -0.3 is 10.2 Å². The number of benzene rings is 2. The van der Waals surface area contributed by atoms with E-state index in [-0.39, 0.29) is 5.41 Å². The number of hydrogen-bond acceptors (Lipinski definition) is 3. The highest BCUT2D eigenvalue weighted by Crippen LogP contribution is 2.46. The molecule has 22 heavy (non-hydrogen) atoms. The van der Waals surface area contributed by atoms with E-state index < -0.39 is 0 Å². The van der Waals surface area contributed by atoms with Gasteiger partial charge in [0.2, 0.25) is 0 Å². The van der Waals surface area contributed by atoms with Crippen LogP contribution in [0, 0.1) is 5.41 Å². The average molecular weight is 298 g/mol. The maximum atomic E-state index is 12.7. The molecule has 0 radical (unpaired) electrons. The number of fused-ring (bicyclic) bond motifs is 2. The summed E-state index contributed by atoms with van der Waals surface area (Å²) in [5.41, 5.74) is 4.73. The first kappa shape index (κ1) is 16.4. The summed E-state index contributed by atoms with van der Waals surface area (Å²) in [7, 11) is 2.00. The Labute approximate surface area is 131 Å². The molecule has 0 heterocycles. The Morgan fingerprint density at radius 1 is 0.727 bits per heavy atom. The van der Waals surface area contributed by atoms with Crippen molar-refractivity contribution in [2.24, 2.45) is 5.41 Å². The molecule has 0 fully saturated rings. The highest BCUT2D eigenvalue weighted by Gasteiger charge is 2.48. The van der Waals surface area contributed by atoms with Gasteiger partial charge in [-0.25, -0.2) is 0 Å². The summed E-state index contributed by atoms with van der Waals surface area (Å²) < 4.78 is 0. The van der Waals surface area contributed by atoms with Gasteiger partial charge in [0, 0.05) is 25.2 Å². The van der Waals surface area contributed by atoms with Gasteiger partial charge in [0.25, 0.3) is 0 Å². The second-order valence-corrected chi connectivity index (χ2v) is 5.57. The number of hydrogen-bond donors (Lipinski definition) is 2. The van der Waals surface area contributed by atoms with E-state index in [9.17, 15) is 4.79 Å². The lowest BCUT2D eigenvalue weighted by molar-refractivity contribution is 0.0831. The molecule has 3 heteroatoms. The highest BCUT2D eigenvalue weighted by molar-refractivity contribution is 6.05. The topological polar surface area (TPSA) is 57.5 Å².